The molecule has 0 saturated carbocycles. The standard InChI is InChI=1S/C17H32N2O4/c1-14(8-9-18-15(22)6-4-10-20)12-17(2,3)13-19-16(23)7-5-11-21/h14H,4-13H2,1-3H3,(H,18,22)(H,19,23). The molecule has 2 amide bonds. The van der Waals surface area contributed by atoms with Crippen molar-refractivity contribution >= 4 is 11.8 Å². The second-order valence-corrected chi connectivity index (χ2v) is 7.00. The molecule has 0 aromatic heterocycles. The summed E-state index contributed by atoms with van der Waals surface area (Å²) in [5.41, 5.74) is -0.0287. The SMILES string of the molecule is CC(CCNC(=O)CCC[O])CC(C)(C)CNC(=O)CCC[O]. The first kappa shape index (κ1) is 21.9. The molecular weight excluding hydrogens is 296 g/mol. The first-order chi connectivity index (χ1) is 10.8. The van der Waals surface area contributed by atoms with Crippen LogP contribution in [0.15, 0.2) is 0 Å². The molecule has 0 aliphatic carbocycles. The second-order valence-electron chi connectivity index (χ2n) is 7.00. The Kier molecular flexibility index (Phi) is 11.7. The molecule has 2 N–H and O–H groups in total. The number of amides is 2. The molecule has 0 aliphatic rings. The minimum Gasteiger partial charge on any atom is -0.356 e. The highest BCUT2D eigenvalue weighted by Gasteiger charge is 2.22. The Morgan fingerprint density at radius 2 is 1.48 bits per heavy atom. The fraction of sp³-hybridized carbons (Fsp3) is 0.882. The molecule has 134 valence electrons. The monoisotopic (exact) mass is 328 g/mol. The molecule has 0 saturated heterocycles. The van der Waals surface area contributed by atoms with Crippen molar-refractivity contribution in [2.24, 2.45) is 11.3 Å². The summed E-state index contributed by atoms with van der Waals surface area (Å²) in [5, 5.41) is 26.4. The zero-order valence-corrected chi connectivity index (χ0v) is 14.8. The van der Waals surface area contributed by atoms with E-state index in [0.717, 1.165) is 12.8 Å². The minimum absolute atomic E-state index is 0.0287. The van der Waals surface area contributed by atoms with Crippen LogP contribution in [0.3, 0.4) is 0 Å². The van der Waals surface area contributed by atoms with Crippen LogP contribution in [0.25, 0.3) is 0 Å². The first-order valence-corrected chi connectivity index (χ1v) is 8.50. The Labute approximate surface area is 140 Å². The van der Waals surface area contributed by atoms with Crippen LogP contribution in [0.5, 0.6) is 0 Å². The summed E-state index contributed by atoms with van der Waals surface area (Å²) in [4.78, 5) is 23.0. The summed E-state index contributed by atoms with van der Waals surface area (Å²) in [6.45, 7) is 7.11. The molecule has 1 unspecified atom stereocenters. The predicted octanol–water partition coefficient (Wildman–Crippen LogP) is 2.08. The van der Waals surface area contributed by atoms with Crippen LogP contribution < -0.4 is 10.6 Å². The second kappa shape index (κ2) is 12.3. The normalized spacial score (nSPS) is 12.7. The van der Waals surface area contributed by atoms with Gasteiger partial charge in [-0.05, 0) is 37.0 Å². The molecule has 0 spiro atoms. The molecule has 0 aromatic rings. The average molecular weight is 328 g/mol. The zero-order chi connectivity index (χ0) is 17.7. The minimum atomic E-state index is -0.214. The van der Waals surface area contributed by atoms with Crippen molar-refractivity contribution in [1.29, 1.82) is 0 Å². The molecule has 0 aliphatic heterocycles. The van der Waals surface area contributed by atoms with Crippen LogP contribution in [-0.2, 0) is 19.8 Å². The zero-order valence-electron chi connectivity index (χ0n) is 14.8. The van der Waals surface area contributed by atoms with E-state index in [9.17, 15) is 19.8 Å². The third-order valence-corrected chi connectivity index (χ3v) is 3.72. The van der Waals surface area contributed by atoms with Crippen LogP contribution in [-0.4, -0.2) is 38.1 Å². The summed E-state index contributed by atoms with van der Waals surface area (Å²) < 4.78 is 0. The number of nitrogens with one attached hydrogen (secondary N) is 2. The fourth-order valence-electron chi connectivity index (χ4n) is 2.56. The Hall–Kier alpha value is -1.14. The molecule has 23 heavy (non-hydrogen) atoms. The van der Waals surface area contributed by atoms with E-state index in [2.05, 4.69) is 31.4 Å². The molecule has 6 heteroatoms. The van der Waals surface area contributed by atoms with E-state index in [0.29, 0.717) is 44.7 Å². The summed E-state index contributed by atoms with van der Waals surface area (Å²) >= 11 is 0. The van der Waals surface area contributed by atoms with Crippen molar-refractivity contribution < 1.29 is 19.8 Å². The van der Waals surface area contributed by atoms with Crippen LogP contribution >= 0.6 is 0 Å². The summed E-state index contributed by atoms with van der Waals surface area (Å²) in [6.07, 6.45) is 3.18. The van der Waals surface area contributed by atoms with Crippen molar-refractivity contribution in [2.75, 3.05) is 26.3 Å². The van der Waals surface area contributed by atoms with Crippen LogP contribution in [0.2, 0.25) is 0 Å². The van der Waals surface area contributed by atoms with Crippen molar-refractivity contribution in [3.8, 4) is 0 Å². The van der Waals surface area contributed by atoms with Gasteiger partial charge in [0.1, 0.15) is 0 Å². The summed E-state index contributed by atoms with van der Waals surface area (Å²) in [7, 11) is 0. The van der Waals surface area contributed by atoms with Gasteiger partial charge >= 0.3 is 0 Å². The lowest BCUT2D eigenvalue weighted by molar-refractivity contribution is -0.122. The van der Waals surface area contributed by atoms with Gasteiger partial charge in [-0.25, -0.2) is 10.2 Å². The molecule has 0 heterocycles. The highest BCUT2D eigenvalue weighted by atomic mass is 16.3. The number of carbonyl (C=O) groups is 2. The van der Waals surface area contributed by atoms with E-state index < -0.39 is 0 Å². The van der Waals surface area contributed by atoms with Gasteiger partial charge < -0.3 is 10.6 Å². The van der Waals surface area contributed by atoms with E-state index in [-0.39, 0.29) is 30.4 Å². The van der Waals surface area contributed by atoms with E-state index in [4.69, 9.17) is 0 Å². The maximum Gasteiger partial charge on any atom is 0.220 e. The van der Waals surface area contributed by atoms with Crippen molar-refractivity contribution in [1.82, 2.24) is 10.6 Å². The van der Waals surface area contributed by atoms with Gasteiger partial charge in [0.15, 0.2) is 0 Å². The fourth-order valence-corrected chi connectivity index (χ4v) is 2.56. The third-order valence-electron chi connectivity index (χ3n) is 3.72. The van der Waals surface area contributed by atoms with E-state index in [1.807, 2.05) is 0 Å². The molecule has 0 fully saturated rings. The molecule has 6 nitrogen and oxygen atoms in total. The van der Waals surface area contributed by atoms with Crippen molar-refractivity contribution in [3.05, 3.63) is 0 Å². The lowest BCUT2D eigenvalue weighted by Crippen LogP contribution is -2.35. The maximum atomic E-state index is 11.5. The topological polar surface area (TPSA) is 98.0 Å². The highest BCUT2D eigenvalue weighted by Crippen LogP contribution is 2.26. The summed E-state index contributed by atoms with van der Waals surface area (Å²) in [5.74, 6) is 0.300. The largest absolute Gasteiger partial charge is 0.356 e. The Balaban J connectivity index is 3.90. The van der Waals surface area contributed by atoms with Crippen molar-refractivity contribution in [3.63, 3.8) is 0 Å². The van der Waals surface area contributed by atoms with E-state index in [1.165, 1.54) is 0 Å². The Morgan fingerprint density at radius 1 is 0.957 bits per heavy atom. The molecule has 0 rings (SSSR count). The van der Waals surface area contributed by atoms with Gasteiger partial charge in [0, 0.05) is 25.9 Å². The van der Waals surface area contributed by atoms with E-state index >= 15 is 0 Å². The first-order valence-electron chi connectivity index (χ1n) is 8.50. The van der Waals surface area contributed by atoms with Gasteiger partial charge in [0.05, 0.1) is 13.2 Å². The van der Waals surface area contributed by atoms with Gasteiger partial charge in [-0.2, -0.15) is 0 Å². The quantitative estimate of drug-likeness (QED) is 0.541. The molecule has 1 atom stereocenters. The average Bonchev–Trinajstić information content (AvgIpc) is 2.48. The van der Waals surface area contributed by atoms with Gasteiger partial charge in [-0.3, -0.25) is 9.59 Å². The molecule has 0 bridgehead atoms. The number of hydrogen-bond donors (Lipinski definition) is 2. The maximum absolute atomic E-state index is 11.5. The Bertz CT molecular complexity index is 345. The van der Waals surface area contributed by atoms with Crippen LogP contribution in [0.1, 0.15) is 59.3 Å². The Morgan fingerprint density at radius 3 is 2.00 bits per heavy atom. The molecule has 0 aromatic carbocycles. The van der Waals surface area contributed by atoms with Crippen molar-refractivity contribution in [2.45, 2.75) is 59.3 Å². The number of hydrogen-bond acceptors (Lipinski definition) is 2. The lowest BCUT2D eigenvalue weighted by atomic mass is 9.82. The van der Waals surface area contributed by atoms with Gasteiger partial charge in [0.25, 0.3) is 0 Å². The lowest BCUT2D eigenvalue weighted by Gasteiger charge is -2.28. The predicted molar refractivity (Wildman–Crippen MR) is 87.8 cm³/mol. The van der Waals surface area contributed by atoms with E-state index in [1.54, 1.807) is 0 Å². The third kappa shape index (κ3) is 13.0. The highest BCUT2D eigenvalue weighted by molar-refractivity contribution is 5.76. The smallest absolute Gasteiger partial charge is 0.220 e. The molecular formula is C17H32N2O4. The van der Waals surface area contributed by atoms with Gasteiger partial charge in [-0.15, -0.1) is 0 Å². The molecule has 2 radical (unpaired) electrons. The number of carbonyl (C=O) groups excluding carboxylic acids is 2. The van der Waals surface area contributed by atoms with Crippen LogP contribution in [0.4, 0.5) is 0 Å². The summed E-state index contributed by atoms with van der Waals surface area (Å²) in [6, 6.07) is 0. The number of rotatable bonds is 13. The van der Waals surface area contributed by atoms with Gasteiger partial charge in [0.2, 0.25) is 11.8 Å². The van der Waals surface area contributed by atoms with Crippen LogP contribution in [0, 0.1) is 11.3 Å². The van der Waals surface area contributed by atoms with Gasteiger partial charge in [-0.1, -0.05) is 20.8 Å².